The van der Waals surface area contributed by atoms with E-state index in [2.05, 4.69) is 0 Å². The Kier molecular flexibility index (Phi) is 5.35. The molecule has 9 heteroatoms. The number of carbonyl (C=O) groups is 3. The Bertz CT molecular complexity index is 1310. The quantitative estimate of drug-likeness (QED) is 0.208. The second-order valence-electron chi connectivity index (χ2n) is 7.41. The number of rotatable bonds is 2. The first kappa shape index (κ1) is 22.1. The number of halogens is 2. The van der Waals surface area contributed by atoms with Gasteiger partial charge in [-0.3, -0.25) is 9.59 Å². The Morgan fingerprint density at radius 1 is 0.788 bits per heavy atom. The highest BCUT2D eigenvalue weighted by atomic mass is 127. The van der Waals surface area contributed by atoms with Gasteiger partial charge in [0.15, 0.2) is 17.1 Å². The monoisotopic (exact) mass is 668 g/mol. The summed E-state index contributed by atoms with van der Waals surface area (Å²) in [4.78, 5) is 36.2. The molecule has 1 spiro atoms. The van der Waals surface area contributed by atoms with Crippen molar-refractivity contribution in [3.05, 3.63) is 77.9 Å². The third kappa shape index (κ3) is 3.31. The highest BCUT2D eigenvalue weighted by Crippen LogP contribution is 2.59. The lowest BCUT2D eigenvalue weighted by molar-refractivity contribution is -0.132. The van der Waals surface area contributed by atoms with Crippen molar-refractivity contribution in [2.75, 3.05) is 0 Å². The molecule has 166 valence electrons. The fraction of sp³-hybridized carbons (Fsp3) is 0.125. The molecule has 0 aliphatic carbocycles. The summed E-state index contributed by atoms with van der Waals surface area (Å²) in [5.41, 5.74) is 1.05. The molecule has 0 radical (unpaired) electrons. The van der Waals surface area contributed by atoms with E-state index in [9.17, 15) is 14.4 Å². The van der Waals surface area contributed by atoms with Gasteiger partial charge in [-0.2, -0.15) is 0 Å². The van der Waals surface area contributed by atoms with Crippen LogP contribution in [0.15, 0.2) is 48.5 Å². The van der Waals surface area contributed by atoms with Crippen LogP contribution >= 0.6 is 45.2 Å². The van der Waals surface area contributed by atoms with E-state index in [1.54, 1.807) is 36.4 Å². The van der Waals surface area contributed by atoms with Gasteiger partial charge in [-0.15, -0.1) is 0 Å². The number of carbonyl (C=O) groups excluding carboxylic acids is 3. The van der Waals surface area contributed by atoms with Crippen molar-refractivity contribution >= 4 is 63.1 Å². The molecule has 2 aliphatic rings. The van der Waals surface area contributed by atoms with E-state index in [-0.39, 0.29) is 0 Å². The van der Waals surface area contributed by atoms with Gasteiger partial charge >= 0.3 is 17.9 Å². The van der Waals surface area contributed by atoms with E-state index in [0.29, 0.717) is 52.4 Å². The first-order chi connectivity index (χ1) is 15.7. The van der Waals surface area contributed by atoms with Gasteiger partial charge in [0.1, 0.15) is 11.5 Å². The van der Waals surface area contributed by atoms with Gasteiger partial charge in [0.2, 0.25) is 0 Å². The van der Waals surface area contributed by atoms with Crippen molar-refractivity contribution in [3.63, 3.8) is 0 Å². The highest BCUT2D eigenvalue weighted by Gasteiger charge is 2.54. The minimum absolute atomic E-state index is 0.323. The topological polar surface area (TPSA) is 88.1 Å². The molecule has 2 heterocycles. The molecule has 0 unspecified atom stereocenters. The molecule has 7 nitrogen and oxygen atoms in total. The van der Waals surface area contributed by atoms with E-state index < -0.39 is 23.5 Å². The number of hydrogen-bond donors (Lipinski definition) is 0. The molecule has 5 rings (SSSR count). The van der Waals surface area contributed by atoms with Crippen LogP contribution in [0.2, 0.25) is 0 Å². The van der Waals surface area contributed by atoms with E-state index in [1.807, 2.05) is 57.3 Å². The first-order valence-electron chi connectivity index (χ1n) is 9.77. The maximum absolute atomic E-state index is 12.9. The molecule has 0 atom stereocenters. The lowest BCUT2D eigenvalue weighted by atomic mass is 9.77. The zero-order valence-electron chi connectivity index (χ0n) is 17.2. The molecular weight excluding hydrogens is 654 g/mol. The second kappa shape index (κ2) is 7.97. The zero-order valence-corrected chi connectivity index (χ0v) is 21.5. The van der Waals surface area contributed by atoms with Crippen LogP contribution in [0.5, 0.6) is 23.0 Å². The molecule has 0 saturated carbocycles. The summed E-state index contributed by atoms with van der Waals surface area (Å²) in [5.74, 6) is 0.0377. The number of fused-ring (bicyclic) bond motifs is 6. The molecule has 33 heavy (non-hydrogen) atoms. The van der Waals surface area contributed by atoms with Crippen LogP contribution in [0, 0.1) is 7.14 Å². The van der Waals surface area contributed by atoms with Crippen molar-refractivity contribution in [3.8, 4) is 23.0 Å². The Hall–Kier alpha value is -2.67. The molecule has 0 N–H and O–H groups in total. The average Bonchev–Trinajstić information content (AvgIpc) is 3.06. The highest BCUT2D eigenvalue weighted by molar-refractivity contribution is 14.1. The molecule has 0 bridgehead atoms. The molecular formula is C24H14I2O7. The summed E-state index contributed by atoms with van der Waals surface area (Å²) >= 11 is 4.08. The SMILES string of the molecule is CC(=O)Oc1ccc2c(c1I)Oc1c(ccc(OC(C)=O)c1I)C21OC(=O)c2ccccc21. The molecule has 2 aliphatic heterocycles. The Labute approximate surface area is 215 Å². The maximum atomic E-state index is 12.9. The minimum Gasteiger partial charge on any atom is -0.454 e. The van der Waals surface area contributed by atoms with Crippen molar-refractivity contribution < 1.29 is 33.3 Å². The Morgan fingerprint density at radius 2 is 1.30 bits per heavy atom. The zero-order chi connectivity index (χ0) is 23.5. The lowest BCUT2D eigenvalue weighted by Crippen LogP contribution is -2.33. The van der Waals surface area contributed by atoms with Crippen molar-refractivity contribution in [2.45, 2.75) is 19.4 Å². The fourth-order valence-corrected chi connectivity index (χ4v) is 5.54. The van der Waals surface area contributed by atoms with Crippen LogP contribution in [0.3, 0.4) is 0 Å². The van der Waals surface area contributed by atoms with Crippen molar-refractivity contribution in [1.82, 2.24) is 0 Å². The molecule has 3 aromatic carbocycles. The number of hydrogen-bond acceptors (Lipinski definition) is 7. The normalized spacial score (nSPS) is 14.5. The average molecular weight is 668 g/mol. The first-order valence-corrected chi connectivity index (χ1v) is 11.9. The second-order valence-corrected chi connectivity index (χ2v) is 9.57. The van der Waals surface area contributed by atoms with Crippen LogP contribution in [0.25, 0.3) is 0 Å². The fourth-order valence-electron chi connectivity index (χ4n) is 4.16. The van der Waals surface area contributed by atoms with Crippen LogP contribution in [0.4, 0.5) is 0 Å². The van der Waals surface area contributed by atoms with Crippen molar-refractivity contribution in [2.24, 2.45) is 0 Å². The van der Waals surface area contributed by atoms with E-state index in [1.165, 1.54) is 13.8 Å². The molecule has 0 saturated heterocycles. The summed E-state index contributed by atoms with van der Waals surface area (Å²) in [6, 6.07) is 14.0. The smallest absolute Gasteiger partial charge is 0.340 e. The van der Waals surface area contributed by atoms with E-state index in [0.717, 1.165) is 0 Å². The summed E-state index contributed by atoms with van der Waals surface area (Å²) in [5, 5.41) is 0. The van der Waals surface area contributed by atoms with Crippen LogP contribution in [-0.4, -0.2) is 17.9 Å². The van der Waals surface area contributed by atoms with Gasteiger partial charge in [-0.1, -0.05) is 18.2 Å². The van der Waals surface area contributed by atoms with Crippen LogP contribution < -0.4 is 14.2 Å². The summed E-state index contributed by atoms with van der Waals surface area (Å²) < 4.78 is 24.2. The van der Waals surface area contributed by atoms with Gasteiger partial charge in [-0.05, 0) is 75.5 Å². The molecule has 0 aromatic heterocycles. The standard InChI is InChI=1S/C24H14I2O7/c1-11(27)30-17-9-7-15-21(19(17)25)32-22-16(8-10-18(20(22)26)31-12(2)28)24(15)14-6-4-3-5-13(14)23(29)33-24/h3-10H,1-2H3. The predicted molar refractivity (Wildman–Crippen MR) is 133 cm³/mol. The third-order valence-corrected chi connectivity index (χ3v) is 7.41. The van der Waals surface area contributed by atoms with Gasteiger partial charge < -0.3 is 18.9 Å². The predicted octanol–water partition coefficient (Wildman–Crippen LogP) is 5.31. The van der Waals surface area contributed by atoms with Gasteiger partial charge in [0, 0.05) is 30.5 Å². The van der Waals surface area contributed by atoms with Crippen LogP contribution in [0.1, 0.15) is 40.9 Å². The summed E-state index contributed by atoms with van der Waals surface area (Å²) in [7, 11) is 0. The minimum atomic E-state index is -1.28. The largest absolute Gasteiger partial charge is 0.454 e. The number of esters is 3. The van der Waals surface area contributed by atoms with E-state index >= 15 is 0 Å². The maximum Gasteiger partial charge on any atom is 0.340 e. The number of ether oxygens (including phenoxy) is 4. The number of benzene rings is 3. The lowest BCUT2D eigenvalue weighted by Gasteiger charge is -2.37. The third-order valence-electron chi connectivity index (χ3n) is 5.37. The van der Waals surface area contributed by atoms with Crippen molar-refractivity contribution in [1.29, 1.82) is 0 Å². The van der Waals surface area contributed by atoms with Gasteiger partial charge in [0.05, 0.1) is 12.7 Å². The van der Waals surface area contributed by atoms with Gasteiger partial charge in [0.25, 0.3) is 0 Å². The Balaban J connectivity index is 1.84. The molecule has 3 aromatic rings. The van der Waals surface area contributed by atoms with Gasteiger partial charge in [-0.25, -0.2) is 4.79 Å². The van der Waals surface area contributed by atoms with Crippen LogP contribution in [-0.2, 0) is 19.9 Å². The molecule has 0 amide bonds. The Morgan fingerprint density at radius 3 is 1.82 bits per heavy atom. The summed E-state index contributed by atoms with van der Waals surface area (Å²) in [6.07, 6.45) is 0. The van der Waals surface area contributed by atoms with E-state index in [4.69, 9.17) is 18.9 Å². The summed E-state index contributed by atoms with van der Waals surface area (Å²) in [6.45, 7) is 2.63. The molecule has 0 fully saturated rings.